The number of amides is 1. The molecule has 0 bridgehead atoms. The van der Waals surface area contributed by atoms with Crippen molar-refractivity contribution in [1.82, 2.24) is 0 Å². The van der Waals surface area contributed by atoms with Crippen LogP contribution in [-0.2, 0) is 14.3 Å². The molecule has 0 aliphatic heterocycles. The molecular formula is C18H16ClF2NO4. The molecule has 0 saturated carbocycles. The van der Waals surface area contributed by atoms with Gasteiger partial charge < -0.3 is 14.8 Å². The SMILES string of the molecule is Cc1cc(Cl)ccc1OC(C)C(=O)OCC(=O)Nc1cc(F)ccc1F. The molecule has 1 amide bonds. The molecule has 2 aromatic carbocycles. The van der Waals surface area contributed by atoms with Gasteiger partial charge in [-0.25, -0.2) is 13.6 Å². The molecular weight excluding hydrogens is 368 g/mol. The quantitative estimate of drug-likeness (QED) is 0.769. The van der Waals surface area contributed by atoms with Crippen molar-refractivity contribution < 1.29 is 27.8 Å². The summed E-state index contributed by atoms with van der Waals surface area (Å²) >= 11 is 5.85. The Morgan fingerprint density at radius 2 is 1.92 bits per heavy atom. The average Bonchev–Trinajstić information content (AvgIpc) is 2.58. The van der Waals surface area contributed by atoms with Gasteiger partial charge in [0, 0.05) is 11.1 Å². The number of carbonyl (C=O) groups is 2. The Labute approximate surface area is 153 Å². The molecule has 1 atom stereocenters. The van der Waals surface area contributed by atoms with Crippen LogP contribution < -0.4 is 10.1 Å². The van der Waals surface area contributed by atoms with Gasteiger partial charge in [0.1, 0.15) is 17.4 Å². The van der Waals surface area contributed by atoms with Crippen LogP contribution in [-0.4, -0.2) is 24.6 Å². The maximum atomic E-state index is 13.4. The fourth-order valence-corrected chi connectivity index (χ4v) is 2.24. The monoisotopic (exact) mass is 383 g/mol. The number of hydrogen-bond acceptors (Lipinski definition) is 4. The molecule has 26 heavy (non-hydrogen) atoms. The molecule has 1 N–H and O–H groups in total. The van der Waals surface area contributed by atoms with E-state index >= 15 is 0 Å². The molecule has 0 fully saturated rings. The van der Waals surface area contributed by atoms with Crippen LogP contribution >= 0.6 is 11.6 Å². The minimum Gasteiger partial charge on any atom is -0.479 e. The Bertz CT molecular complexity index is 829. The highest BCUT2D eigenvalue weighted by Crippen LogP contribution is 2.23. The molecule has 2 aromatic rings. The molecule has 8 heteroatoms. The predicted octanol–water partition coefficient (Wildman–Crippen LogP) is 3.88. The largest absolute Gasteiger partial charge is 0.479 e. The number of anilines is 1. The zero-order valence-electron chi connectivity index (χ0n) is 14.0. The summed E-state index contributed by atoms with van der Waals surface area (Å²) in [5.74, 6) is -2.66. The first-order chi connectivity index (χ1) is 12.3. The summed E-state index contributed by atoms with van der Waals surface area (Å²) in [5.41, 5.74) is 0.392. The zero-order valence-corrected chi connectivity index (χ0v) is 14.8. The van der Waals surface area contributed by atoms with E-state index in [1.165, 1.54) is 6.92 Å². The third-order valence-electron chi connectivity index (χ3n) is 3.32. The van der Waals surface area contributed by atoms with Crippen molar-refractivity contribution in [2.75, 3.05) is 11.9 Å². The van der Waals surface area contributed by atoms with Gasteiger partial charge in [0.05, 0.1) is 5.69 Å². The molecule has 0 aliphatic rings. The number of rotatable bonds is 6. The lowest BCUT2D eigenvalue weighted by atomic mass is 10.2. The van der Waals surface area contributed by atoms with Crippen LogP contribution in [0.5, 0.6) is 5.75 Å². The summed E-state index contributed by atoms with van der Waals surface area (Å²) < 4.78 is 36.8. The number of ether oxygens (including phenoxy) is 2. The summed E-state index contributed by atoms with van der Waals surface area (Å²) in [5, 5.41) is 2.66. The second-order valence-corrected chi connectivity index (χ2v) is 5.89. The normalized spacial score (nSPS) is 11.6. The smallest absolute Gasteiger partial charge is 0.347 e. The van der Waals surface area contributed by atoms with E-state index in [0.717, 1.165) is 23.8 Å². The summed E-state index contributed by atoms with van der Waals surface area (Å²) in [6, 6.07) is 7.52. The van der Waals surface area contributed by atoms with Crippen LogP contribution in [0.3, 0.4) is 0 Å². The minimum absolute atomic E-state index is 0.341. The Hall–Kier alpha value is -2.67. The van der Waals surface area contributed by atoms with Gasteiger partial charge in [-0.2, -0.15) is 0 Å². The van der Waals surface area contributed by atoms with Crippen molar-refractivity contribution in [3.63, 3.8) is 0 Å². The highest BCUT2D eigenvalue weighted by Gasteiger charge is 2.19. The molecule has 0 saturated heterocycles. The second kappa shape index (κ2) is 8.62. The number of carbonyl (C=O) groups excluding carboxylic acids is 2. The highest BCUT2D eigenvalue weighted by molar-refractivity contribution is 6.30. The van der Waals surface area contributed by atoms with Crippen molar-refractivity contribution in [2.24, 2.45) is 0 Å². The molecule has 1 unspecified atom stereocenters. The molecule has 5 nitrogen and oxygen atoms in total. The molecule has 2 rings (SSSR count). The maximum Gasteiger partial charge on any atom is 0.347 e. The van der Waals surface area contributed by atoms with E-state index < -0.39 is 36.2 Å². The first kappa shape index (κ1) is 19.7. The fraction of sp³-hybridized carbons (Fsp3) is 0.222. The fourth-order valence-electron chi connectivity index (χ4n) is 2.02. The van der Waals surface area contributed by atoms with Crippen LogP contribution in [0.15, 0.2) is 36.4 Å². The maximum absolute atomic E-state index is 13.4. The molecule has 138 valence electrons. The first-order valence-electron chi connectivity index (χ1n) is 7.60. The molecule has 0 aromatic heterocycles. The number of hydrogen-bond donors (Lipinski definition) is 1. The van der Waals surface area contributed by atoms with Gasteiger partial charge in [-0.05, 0) is 49.7 Å². The van der Waals surface area contributed by atoms with Gasteiger partial charge in [-0.15, -0.1) is 0 Å². The lowest BCUT2D eigenvalue weighted by Crippen LogP contribution is -2.30. The molecule has 0 aliphatic carbocycles. The number of esters is 1. The van der Waals surface area contributed by atoms with E-state index in [4.69, 9.17) is 21.1 Å². The van der Waals surface area contributed by atoms with Gasteiger partial charge in [0.2, 0.25) is 0 Å². The van der Waals surface area contributed by atoms with Crippen LogP contribution in [0.25, 0.3) is 0 Å². The van der Waals surface area contributed by atoms with Crippen LogP contribution in [0.1, 0.15) is 12.5 Å². The van der Waals surface area contributed by atoms with E-state index in [1.807, 2.05) is 0 Å². The van der Waals surface area contributed by atoms with Crippen LogP contribution in [0, 0.1) is 18.6 Å². The van der Waals surface area contributed by atoms with Crippen molar-refractivity contribution in [2.45, 2.75) is 20.0 Å². The van der Waals surface area contributed by atoms with Crippen LogP contribution in [0.4, 0.5) is 14.5 Å². The topological polar surface area (TPSA) is 64.6 Å². The van der Waals surface area contributed by atoms with E-state index in [9.17, 15) is 18.4 Å². The lowest BCUT2D eigenvalue weighted by molar-refractivity contribution is -0.153. The number of halogens is 3. The average molecular weight is 384 g/mol. The predicted molar refractivity (Wildman–Crippen MR) is 92.2 cm³/mol. The van der Waals surface area contributed by atoms with E-state index in [1.54, 1.807) is 25.1 Å². The number of benzene rings is 2. The highest BCUT2D eigenvalue weighted by atomic mass is 35.5. The standard InChI is InChI=1S/C18H16ClF2NO4/c1-10-7-12(19)3-6-16(10)26-11(2)18(24)25-9-17(23)22-15-8-13(20)4-5-14(15)21/h3-8,11H,9H2,1-2H3,(H,22,23). The minimum atomic E-state index is -0.978. The summed E-state index contributed by atoms with van der Waals surface area (Å²) in [6.45, 7) is 2.56. The second-order valence-electron chi connectivity index (χ2n) is 5.45. The van der Waals surface area contributed by atoms with Crippen molar-refractivity contribution in [3.8, 4) is 5.75 Å². The van der Waals surface area contributed by atoms with Gasteiger partial charge >= 0.3 is 5.97 Å². The number of nitrogens with one attached hydrogen (secondary N) is 1. The van der Waals surface area contributed by atoms with Gasteiger partial charge in [-0.1, -0.05) is 11.6 Å². The van der Waals surface area contributed by atoms with Crippen molar-refractivity contribution in [1.29, 1.82) is 0 Å². The zero-order chi connectivity index (χ0) is 19.3. The summed E-state index contributed by atoms with van der Waals surface area (Å²) in [7, 11) is 0. The first-order valence-corrected chi connectivity index (χ1v) is 7.98. The van der Waals surface area contributed by atoms with Crippen LogP contribution in [0.2, 0.25) is 5.02 Å². The Balaban J connectivity index is 1.87. The van der Waals surface area contributed by atoms with Gasteiger partial charge in [0.25, 0.3) is 5.91 Å². The van der Waals surface area contributed by atoms with Gasteiger partial charge in [0.15, 0.2) is 12.7 Å². The molecule has 0 heterocycles. The number of aryl methyl sites for hydroxylation is 1. The Morgan fingerprint density at radius 3 is 2.62 bits per heavy atom. The van der Waals surface area contributed by atoms with E-state index in [0.29, 0.717) is 10.8 Å². The van der Waals surface area contributed by atoms with Crippen molar-refractivity contribution >= 4 is 29.2 Å². The summed E-state index contributed by atoms with van der Waals surface area (Å²) in [4.78, 5) is 23.6. The van der Waals surface area contributed by atoms with Gasteiger partial charge in [-0.3, -0.25) is 4.79 Å². The third-order valence-corrected chi connectivity index (χ3v) is 3.56. The lowest BCUT2D eigenvalue weighted by Gasteiger charge is -2.15. The Kier molecular flexibility index (Phi) is 6.52. The summed E-state index contributed by atoms with van der Waals surface area (Å²) in [6.07, 6.45) is -0.978. The molecule has 0 radical (unpaired) electrons. The Morgan fingerprint density at radius 1 is 1.19 bits per heavy atom. The van der Waals surface area contributed by atoms with Crippen molar-refractivity contribution in [3.05, 3.63) is 58.6 Å². The van der Waals surface area contributed by atoms with E-state index in [-0.39, 0.29) is 5.69 Å². The third kappa shape index (κ3) is 5.42. The molecule has 0 spiro atoms. The van der Waals surface area contributed by atoms with E-state index in [2.05, 4.69) is 5.32 Å².